The van der Waals surface area contributed by atoms with Gasteiger partial charge in [0.25, 0.3) is 0 Å². The molecule has 0 aliphatic rings. The first-order valence-corrected chi connectivity index (χ1v) is 7.28. The molecule has 0 spiro atoms. The molecule has 2 aromatic carbocycles. The first-order chi connectivity index (χ1) is 10.0. The number of benzene rings is 2. The van der Waals surface area contributed by atoms with E-state index in [2.05, 4.69) is 32.2 Å². The van der Waals surface area contributed by atoms with Crippen LogP contribution >= 0.6 is 0 Å². The van der Waals surface area contributed by atoms with E-state index in [0.29, 0.717) is 11.7 Å². The molecule has 2 nitrogen and oxygen atoms in total. The van der Waals surface area contributed by atoms with Gasteiger partial charge in [-0.2, -0.15) is 0 Å². The Hall–Kier alpha value is -1.87. The van der Waals surface area contributed by atoms with Crippen molar-refractivity contribution in [3.8, 4) is 11.5 Å². The minimum Gasteiger partial charge on any atom is -0.457 e. The molecule has 21 heavy (non-hydrogen) atoms. The lowest BCUT2D eigenvalue weighted by molar-refractivity contribution is 0.467. The topological polar surface area (TPSA) is 21.3 Å². The third-order valence-corrected chi connectivity index (χ3v) is 3.13. The number of halogens is 1. The lowest BCUT2D eigenvalue weighted by Gasteiger charge is -2.14. The van der Waals surface area contributed by atoms with Crippen molar-refractivity contribution in [3.63, 3.8) is 0 Å². The van der Waals surface area contributed by atoms with Crippen LogP contribution in [-0.4, -0.2) is 6.54 Å². The molecule has 0 fully saturated rings. The molecule has 2 rings (SSSR count). The van der Waals surface area contributed by atoms with Crippen LogP contribution in [0.4, 0.5) is 4.39 Å². The van der Waals surface area contributed by atoms with Crippen molar-refractivity contribution in [2.45, 2.75) is 27.3 Å². The second-order valence-corrected chi connectivity index (χ2v) is 5.69. The predicted molar refractivity (Wildman–Crippen MR) is 84.2 cm³/mol. The molecule has 0 bridgehead atoms. The Labute approximate surface area is 126 Å². The quantitative estimate of drug-likeness (QED) is 0.833. The summed E-state index contributed by atoms with van der Waals surface area (Å²) in [6, 6.07) is 12.2. The van der Waals surface area contributed by atoms with E-state index >= 15 is 0 Å². The van der Waals surface area contributed by atoms with Crippen LogP contribution < -0.4 is 10.1 Å². The van der Waals surface area contributed by atoms with Crippen LogP contribution in [0.15, 0.2) is 42.5 Å². The number of nitrogens with one attached hydrogen (secondary N) is 1. The van der Waals surface area contributed by atoms with Gasteiger partial charge in [-0.3, -0.25) is 0 Å². The molecule has 0 saturated heterocycles. The predicted octanol–water partition coefficient (Wildman–Crippen LogP) is 4.67. The molecule has 0 aliphatic heterocycles. The molecule has 0 radical (unpaired) electrons. The average Bonchev–Trinajstić information content (AvgIpc) is 2.43. The Balaban J connectivity index is 2.12. The van der Waals surface area contributed by atoms with Crippen molar-refractivity contribution >= 4 is 0 Å². The lowest BCUT2D eigenvalue weighted by Crippen LogP contribution is -2.19. The number of hydrogen-bond acceptors (Lipinski definition) is 2. The molecule has 112 valence electrons. The highest BCUT2D eigenvalue weighted by Crippen LogP contribution is 2.26. The van der Waals surface area contributed by atoms with E-state index in [0.717, 1.165) is 24.4 Å². The molecular weight excluding hydrogens is 265 g/mol. The fraction of sp³-hybridized carbons (Fsp3) is 0.333. The molecule has 0 amide bonds. The number of rotatable bonds is 6. The summed E-state index contributed by atoms with van der Waals surface area (Å²) in [7, 11) is 0. The minimum atomic E-state index is -0.259. The van der Waals surface area contributed by atoms with E-state index in [1.165, 1.54) is 17.7 Å². The lowest BCUT2D eigenvalue weighted by atomic mass is 10.1. The fourth-order valence-electron chi connectivity index (χ4n) is 2.07. The van der Waals surface area contributed by atoms with Gasteiger partial charge in [0, 0.05) is 12.1 Å². The minimum absolute atomic E-state index is 0.259. The van der Waals surface area contributed by atoms with Crippen LogP contribution in [0, 0.1) is 18.7 Å². The molecule has 0 aromatic heterocycles. The van der Waals surface area contributed by atoms with Crippen molar-refractivity contribution < 1.29 is 9.13 Å². The molecule has 0 unspecified atom stereocenters. The van der Waals surface area contributed by atoms with Gasteiger partial charge < -0.3 is 10.1 Å². The first-order valence-electron chi connectivity index (χ1n) is 7.28. The van der Waals surface area contributed by atoms with Crippen LogP contribution in [-0.2, 0) is 6.54 Å². The summed E-state index contributed by atoms with van der Waals surface area (Å²) in [5, 5.41) is 3.42. The molecule has 1 N–H and O–H groups in total. The second kappa shape index (κ2) is 7.23. The molecule has 0 heterocycles. The molecule has 0 aliphatic carbocycles. The zero-order valence-corrected chi connectivity index (χ0v) is 12.8. The van der Waals surface area contributed by atoms with E-state index in [1.54, 1.807) is 12.1 Å². The van der Waals surface area contributed by atoms with Crippen molar-refractivity contribution in [3.05, 3.63) is 59.4 Å². The summed E-state index contributed by atoms with van der Waals surface area (Å²) < 4.78 is 18.8. The Morgan fingerprint density at radius 3 is 2.48 bits per heavy atom. The molecule has 0 saturated carbocycles. The number of aryl methyl sites for hydroxylation is 1. The first kappa shape index (κ1) is 15.5. The maximum atomic E-state index is 12.9. The third kappa shape index (κ3) is 4.87. The van der Waals surface area contributed by atoms with Gasteiger partial charge in [-0.05, 0) is 49.7 Å². The average molecular weight is 287 g/mol. The summed E-state index contributed by atoms with van der Waals surface area (Å²) in [4.78, 5) is 0. The van der Waals surface area contributed by atoms with E-state index in [9.17, 15) is 4.39 Å². The highest BCUT2D eigenvalue weighted by atomic mass is 19.1. The van der Waals surface area contributed by atoms with E-state index in [-0.39, 0.29) is 5.82 Å². The Bertz CT molecular complexity index is 578. The monoisotopic (exact) mass is 287 g/mol. The second-order valence-electron chi connectivity index (χ2n) is 5.69. The molecular formula is C18H22FNO. The summed E-state index contributed by atoms with van der Waals surface area (Å²) >= 11 is 0. The summed E-state index contributed by atoms with van der Waals surface area (Å²) in [5.41, 5.74) is 2.31. The van der Waals surface area contributed by atoms with Crippen LogP contribution in [0.2, 0.25) is 0 Å². The largest absolute Gasteiger partial charge is 0.457 e. The zero-order valence-electron chi connectivity index (χ0n) is 12.8. The van der Waals surface area contributed by atoms with Crippen LogP contribution in [0.5, 0.6) is 11.5 Å². The van der Waals surface area contributed by atoms with Crippen molar-refractivity contribution in [1.82, 2.24) is 5.32 Å². The zero-order chi connectivity index (χ0) is 15.2. The van der Waals surface area contributed by atoms with Gasteiger partial charge in [-0.25, -0.2) is 4.39 Å². The SMILES string of the molecule is Cc1ccc(Oc2ccc(F)cc2)c(CNCC(C)C)c1. The Morgan fingerprint density at radius 1 is 1.10 bits per heavy atom. The van der Waals surface area contributed by atoms with Gasteiger partial charge in [0.1, 0.15) is 17.3 Å². The third-order valence-electron chi connectivity index (χ3n) is 3.13. The Morgan fingerprint density at radius 2 is 1.81 bits per heavy atom. The fourth-order valence-corrected chi connectivity index (χ4v) is 2.07. The van der Waals surface area contributed by atoms with Gasteiger partial charge in [0.05, 0.1) is 0 Å². The standard InChI is InChI=1S/C18H22FNO/c1-13(2)11-20-12-15-10-14(3)4-9-18(15)21-17-7-5-16(19)6-8-17/h4-10,13,20H,11-12H2,1-3H3. The van der Waals surface area contributed by atoms with E-state index in [4.69, 9.17) is 4.74 Å². The Kier molecular flexibility index (Phi) is 5.34. The van der Waals surface area contributed by atoms with Gasteiger partial charge in [-0.15, -0.1) is 0 Å². The number of ether oxygens (including phenoxy) is 1. The van der Waals surface area contributed by atoms with E-state index in [1.807, 2.05) is 12.1 Å². The van der Waals surface area contributed by atoms with Crippen molar-refractivity contribution in [2.75, 3.05) is 6.54 Å². The van der Waals surface area contributed by atoms with Gasteiger partial charge in [-0.1, -0.05) is 31.5 Å². The summed E-state index contributed by atoms with van der Waals surface area (Å²) in [6.45, 7) is 8.15. The maximum Gasteiger partial charge on any atom is 0.131 e. The number of hydrogen-bond donors (Lipinski definition) is 1. The molecule has 3 heteroatoms. The van der Waals surface area contributed by atoms with Gasteiger partial charge >= 0.3 is 0 Å². The van der Waals surface area contributed by atoms with Crippen LogP contribution in [0.3, 0.4) is 0 Å². The highest BCUT2D eigenvalue weighted by Gasteiger charge is 2.06. The smallest absolute Gasteiger partial charge is 0.131 e. The molecule has 0 atom stereocenters. The van der Waals surface area contributed by atoms with E-state index < -0.39 is 0 Å². The summed E-state index contributed by atoms with van der Waals surface area (Å²) in [6.07, 6.45) is 0. The van der Waals surface area contributed by atoms with Gasteiger partial charge in [0.2, 0.25) is 0 Å². The normalized spacial score (nSPS) is 10.9. The maximum absolute atomic E-state index is 12.9. The van der Waals surface area contributed by atoms with Crippen LogP contribution in [0.25, 0.3) is 0 Å². The summed E-state index contributed by atoms with van der Waals surface area (Å²) in [5.74, 6) is 1.80. The highest BCUT2D eigenvalue weighted by molar-refractivity contribution is 5.40. The van der Waals surface area contributed by atoms with Gasteiger partial charge in [0.15, 0.2) is 0 Å². The molecule has 2 aromatic rings. The van der Waals surface area contributed by atoms with Crippen molar-refractivity contribution in [1.29, 1.82) is 0 Å². The van der Waals surface area contributed by atoms with Crippen molar-refractivity contribution in [2.24, 2.45) is 5.92 Å². The van der Waals surface area contributed by atoms with Crippen LogP contribution in [0.1, 0.15) is 25.0 Å².